The Labute approximate surface area is 191 Å². The van der Waals surface area contributed by atoms with Gasteiger partial charge < -0.3 is 23.8 Å². The summed E-state index contributed by atoms with van der Waals surface area (Å²) in [5, 5.41) is 0. The van der Waals surface area contributed by atoms with Gasteiger partial charge in [0.15, 0.2) is 0 Å². The Kier molecular flexibility index (Phi) is 9.17. The van der Waals surface area contributed by atoms with Gasteiger partial charge in [0.2, 0.25) is 5.91 Å². The fraction of sp³-hybridized carbons (Fsp3) is 0.520. The van der Waals surface area contributed by atoms with Crippen LogP contribution in [0.25, 0.3) is 0 Å². The van der Waals surface area contributed by atoms with Crippen molar-refractivity contribution in [3.05, 3.63) is 47.8 Å². The summed E-state index contributed by atoms with van der Waals surface area (Å²) in [7, 11) is 5.01. The summed E-state index contributed by atoms with van der Waals surface area (Å²) >= 11 is 0. The molecule has 7 nitrogen and oxygen atoms in total. The molecule has 0 aliphatic rings. The number of hydrogen-bond donors (Lipinski definition) is 0. The van der Waals surface area contributed by atoms with Crippen molar-refractivity contribution in [2.45, 2.75) is 46.7 Å². The molecule has 1 unspecified atom stereocenters. The van der Waals surface area contributed by atoms with Gasteiger partial charge in [0.05, 0.1) is 20.8 Å². The molecule has 176 valence electrons. The van der Waals surface area contributed by atoms with Crippen molar-refractivity contribution in [3.63, 3.8) is 0 Å². The van der Waals surface area contributed by atoms with Gasteiger partial charge in [-0.1, -0.05) is 26.8 Å². The van der Waals surface area contributed by atoms with E-state index in [9.17, 15) is 9.59 Å². The minimum atomic E-state index is -0.273. The van der Waals surface area contributed by atoms with Gasteiger partial charge in [0.1, 0.15) is 23.6 Å². The molecule has 0 aliphatic heterocycles. The minimum Gasteiger partial charge on any atom is -0.496 e. The maximum absolute atomic E-state index is 13.6. The van der Waals surface area contributed by atoms with Crippen LogP contribution in [0.3, 0.4) is 0 Å². The summed E-state index contributed by atoms with van der Waals surface area (Å²) in [6.45, 7) is 9.24. The predicted molar refractivity (Wildman–Crippen MR) is 126 cm³/mol. The second-order valence-electron chi connectivity index (χ2n) is 8.51. The van der Waals surface area contributed by atoms with Crippen molar-refractivity contribution < 1.29 is 19.1 Å². The number of benzene rings is 1. The Balaban J connectivity index is 2.35. The second-order valence-corrected chi connectivity index (χ2v) is 8.51. The molecule has 0 fully saturated rings. The Morgan fingerprint density at radius 2 is 1.66 bits per heavy atom. The van der Waals surface area contributed by atoms with Crippen molar-refractivity contribution in [1.82, 2.24) is 14.4 Å². The van der Waals surface area contributed by atoms with Gasteiger partial charge in [-0.05, 0) is 43.5 Å². The highest BCUT2D eigenvalue weighted by atomic mass is 16.5. The van der Waals surface area contributed by atoms with Gasteiger partial charge in [-0.15, -0.1) is 0 Å². The highest BCUT2D eigenvalue weighted by Crippen LogP contribution is 2.30. The topological polar surface area (TPSA) is 64.0 Å². The zero-order chi connectivity index (χ0) is 23.8. The molecular formula is C25H37N3O4. The molecule has 1 aromatic carbocycles. The molecule has 0 bridgehead atoms. The van der Waals surface area contributed by atoms with Gasteiger partial charge in [-0.2, -0.15) is 0 Å². The van der Waals surface area contributed by atoms with Gasteiger partial charge in [0, 0.05) is 31.5 Å². The van der Waals surface area contributed by atoms with Crippen molar-refractivity contribution in [1.29, 1.82) is 0 Å². The van der Waals surface area contributed by atoms with Crippen LogP contribution < -0.4 is 9.47 Å². The number of aryl methyl sites for hydroxylation is 1. The zero-order valence-electron chi connectivity index (χ0n) is 20.4. The summed E-state index contributed by atoms with van der Waals surface area (Å²) < 4.78 is 12.9. The summed E-state index contributed by atoms with van der Waals surface area (Å²) in [4.78, 5) is 30.6. The van der Waals surface area contributed by atoms with E-state index in [2.05, 4.69) is 13.8 Å². The van der Waals surface area contributed by atoms with Crippen molar-refractivity contribution >= 4 is 11.8 Å². The second kappa shape index (κ2) is 11.6. The van der Waals surface area contributed by atoms with Gasteiger partial charge >= 0.3 is 0 Å². The Hall–Kier alpha value is -2.96. The lowest BCUT2D eigenvalue weighted by Gasteiger charge is -2.32. The van der Waals surface area contributed by atoms with E-state index in [1.807, 2.05) is 48.7 Å². The lowest BCUT2D eigenvalue weighted by atomic mass is 10.1. The fourth-order valence-electron chi connectivity index (χ4n) is 3.65. The van der Waals surface area contributed by atoms with Crippen LogP contribution in [0.5, 0.6) is 11.5 Å². The monoisotopic (exact) mass is 443 g/mol. The van der Waals surface area contributed by atoms with Crippen LogP contribution in [0.2, 0.25) is 0 Å². The van der Waals surface area contributed by atoms with Crippen LogP contribution in [-0.4, -0.2) is 59.5 Å². The molecule has 2 rings (SSSR count). The van der Waals surface area contributed by atoms with Crippen molar-refractivity contribution in [2.75, 3.05) is 27.3 Å². The maximum Gasteiger partial charge on any atom is 0.262 e. The van der Waals surface area contributed by atoms with Crippen LogP contribution >= 0.6 is 0 Å². The van der Waals surface area contributed by atoms with Gasteiger partial charge in [0.25, 0.3) is 5.91 Å². The molecule has 1 atom stereocenters. The number of methoxy groups -OCH3 is 2. The number of nitrogens with zero attached hydrogens (tertiary/aromatic N) is 3. The fourth-order valence-corrected chi connectivity index (χ4v) is 3.65. The number of carbonyl (C=O) groups is 2. The van der Waals surface area contributed by atoms with E-state index >= 15 is 0 Å². The number of hydrogen-bond acceptors (Lipinski definition) is 4. The molecule has 32 heavy (non-hydrogen) atoms. The Bertz CT molecular complexity index is 884. The Morgan fingerprint density at radius 1 is 1.03 bits per heavy atom. The highest BCUT2D eigenvalue weighted by Gasteiger charge is 2.30. The van der Waals surface area contributed by atoms with Crippen LogP contribution in [0.15, 0.2) is 36.5 Å². The third-order valence-corrected chi connectivity index (χ3v) is 5.67. The maximum atomic E-state index is 13.6. The number of rotatable bonds is 11. The first-order chi connectivity index (χ1) is 15.2. The van der Waals surface area contributed by atoms with Crippen LogP contribution in [0, 0.1) is 5.92 Å². The van der Waals surface area contributed by atoms with E-state index in [-0.39, 0.29) is 24.4 Å². The molecule has 0 N–H and O–H groups in total. The molecule has 0 aliphatic carbocycles. The standard InChI is InChI=1S/C25H37N3O4/c1-8-19(4)28(25(30)24-21(31-6)12-9-13-22(24)32-7)17-23(29)27(15-18(2)3)16-20-11-10-14-26(20)5/h9-14,18-19H,8,15-17H2,1-7H3. The predicted octanol–water partition coefficient (Wildman–Crippen LogP) is 3.97. The molecule has 1 aromatic heterocycles. The first-order valence-electron chi connectivity index (χ1n) is 11.1. The van der Waals surface area contributed by atoms with E-state index in [0.29, 0.717) is 36.1 Å². The van der Waals surface area contributed by atoms with E-state index < -0.39 is 0 Å². The summed E-state index contributed by atoms with van der Waals surface area (Å²) in [6.07, 6.45) is 2.69. The van der Waals surface area contributed by atoms with Crippen LogP contribution in [0.1, 0.15) is 50.2 Å². The SMILES string of the molecule is CCC(C)N(CC(=O)N(Cc1cccn1C)CC(C)C)C(=O)c1c(OC)cccc1OC. The molecular weight excluding hydrogens is 406 g/mol. The van der Waals surface area contributed by atoms with E-state index in [0.717, 1.165) is 12.1 Å². The third-order valence-electron chi connectivity index (χ3n) is 5.67. The molecule has 0 saturated carbocycles. The van der Waals surface area contributed by atoms with Crippen LogP contribution in [-0.2, 0) is 18.4 Å². The van der Waals surface area contributed by atoms with Gasteiger partial charge in [-0.3, -0.25) is 9.59 Å². The zero-order valence-corrected chi connectivity index (χ0v) is 20.4. The largest absolute Gasteiger partial charge is 0.496 e. The average molecular weight is 444 g/mol. The quantitative estimate of drug-likeness (QED) is 0.527. The number of ether oxygens (including phenoxy) is 2. The van der Waals surface area contributed by atoms with E-state index in [1.165, 1.54) is 14.2 Å². The molecule has 0 spiro atoms. The highest BCUT2D eigenvalue weighted by molar-refractivity contribution is 6.01. The first kappa shape index (κ1) is 25.3. The molecule has 2 aromatic rings. The van der Waals surface area contributed by atoms with Crippen molar-refractivity contribution in [3.8, 4) is 11.5 Å². The lowest BCUT2D eigenvalue weighted by Crippen LogP contribution is -2.47. The van der Waals surface area contributed by atoms with Crippen molar-refractivity contribution in [2.24, 2.45) is 13.0 Å². The Morgan fingerprint density at radius 3 is 2.12 bits per heavy atom. The van der Waals surface area contributed by atoms with E-state index in [4.69, 9.17) is 9.47 Å². The third kappa shape index (κ3) is 6.05. The first-order valence-corrected chi connectivity index (χ1v) is 11.1. The van der Waals surface area contributed by atoms with E-state index in [1.54, 1.807) is 23.1 Å². The normalized spacial score (nSPS) is 11.9. The summed E-state index contributed by atoms with van der Waals surface area (Å²) in [5.41, 5.74) is 1.38. The number of amides is 2. The molecule has 1 heterocycles. The summed E-state index contributed by atoms with van der Waals surface area (Å²) in [5.74, 6) is 0.810. The molecule has 7 heteroatoms. The molecule has 0 radical (unpaired) electrons. The minimum absolute atomic E-state index is 0.00775. The smallest absolute Gasteiger partial charge is 0.262 e. The summed E-state index contributed by atoms with van der Waals surface area (Å²) in [6, 6.07) is 9.09. The lowest BCUT2D eigenvalue weighted by molar-refractivity contribution is -0.133. The van der Waals surface area contributed by atoms with Crippen LogP contribution in [0.4, 0.5) is 0 Å². The molecule has 0 saturated heterocycles. The molecule has 2 amide bonds. The number of aromatic nitrogens is 1. The van der Waals surface area contributed by atoms with Gasteiger partial charge in [-0.25, -0.2) is 0 Å². The number of carbonyl (C=O) groups excluding carboxylic acids is 2. The average Bonchev–Trinajstić information content (AvgIpc) is 3.19.